The molecule has 0 bridgehead atoms. The lowest BCUT2D eigenvalue weighted by molar-refractivity contribution is -0.131. The van der Waals surface area contributed by atoms with Crippen molar-refractivity contribution in [3.05, 3.63) is 29.8 Å². The molecule has 1 aliphatic rings. The monoisotopic (exact) mass is 447 g/mol. The Morgan fingerprint density at radius 1 is 1.16 bits per heavy atom. The van der Waals surface area contributed by atoms with E-state index in [-0.39, 0.29) is 24.5 Å². The smallest absolute Gasteiger partial charge is 0.408 e. The standard InChI is InChI=1S/C22H33N5O5/c1-16(21(30)27-12-3-4-13-27)25-22(31)32-14-17-7-9-18(10-8-17)26-20(29)19(23-2)6-5-11-24-15-28/h7-10,15-16,19,23H,3-6,11-14H2,1-2H3,(H,24,28)(H,25,31)(H,26,29)/t16-,19-/m0/s1. The highest BCUT2D eigenvalue weighted by molar-refractivity contribution is 5.94. The Balaban J connectivity index is 1.74. The van der Waals surface area contributed by atoms with Crippen LogP contribution in [-0.2, 0) is 25.7 Å². The second-order valence-electron chi connectivity index (χ2n) is 7.72. The van der Waals surface area contributed by atoms with Crippen LogP contribution in [0.5, 0.6) is 0 Å². The molecule has 4 N–H and O–H groups in total. The first kappa shape index (κ1) is 25.1. The summed E-state index contributed by atoms with van der Waals surface area (Å²) in [5.41, 5.74) is 1.38. The van der Waals surface area contributed by atoms with Gasteiger partial charge in [0.2, 0.25) is 18.2 Å². The quantitative estimate of drug-likeness (QED) is 0.279. The Hall–Kier alpha value is -3.14. The molecule has 0 saturated carbocycles. The van der Waals surface area contributed by atoms with E-state index < -0.39 is 12.1 Å². The molecule has 0 aromatic heterocycles. The van der Waals surface area contributed by atoms with Crippen LogP contribution in [0.3, 0.4) is 0 Å². The molecule has 1 fully saturated rings. The number of hydrogen-bond donors (Lipinski definition) is 4. The summed E-state index contributed by atoms with van der Waals surface area (Å²) in [7, 11) is 1.71. The van der Waals surface area contributed by atoms with Gasteiger partial charge in [0, 0.05) is 25.3 Å². The van der Waals surface area contributed by atoms with Crippen LogP contribution in [0.1, 0.15) is 38.2 Å². The first-order chi connectivity index (χ1) is 15.4. The summed E-state index contributed by atoms with van der Waals surface area (Å²) in [4.78, 5) is 48.7. The molecule has 1 aromatic carbocycles. The van der Waals surface area contributed by atoms with Crippen LogP contribution in [0, 0.1) is 0 Å². The number of amides is 4. The number of ether oxygens (including phenoxy) is 1. The number of carbonyl (C=O) groups is 4. The maximum atomic E-state index is 12.4. The normalized spacial score (nSPS) is 14.9. The van der Waals surface area contributed by atoms with Crippen molar-refractivity contribution >= 4 is 30.0 Å². The minimum atomic E-state index is -0.650. The number of nitrogens with one attached hydrogen (secondary N) is 4. The van der Waals surface area contributed by atoms with Gasteiger partial charge in [0.15, 0.2) is 0 Å². The molecular weight excluding hydrogens is 414 g/mol. The maximum absolute atomic E-state index is 12.4. The molecule has 1 aromatic rings. The fourth-order valence-electron chi connectivity index (χ4n) is 3.43. The average molecular weight is 448 g/mol. The molecule has 4 amide bonds. The summed E-state index contributed by atoms with van der Waals surface area (Å²) in [6, 6.07) is 5.96. The van der Waals surface area contributed by atoms with Gasteiger partial charge in [-0.3, -0.25) is 14.4 Å². The van der Waals surface area contributed by atoms with E-state index in [1.165, 1.54) is 0 Å². The summed E-state index contributed by atoms with van der Waals surface area (Å²) in [6.07, 6.45) is 3.24. The molecule has 0 radical (unpaired) electrons. The molecule has 1 heterocycles. The highest BCUT2D eigenvalue weighted by Gasteiger charge is 2.24. The van der Waals surface area contributed by atoms with Gasteiger partial charge in [-0.15, -0.1) is 0 Å². The number of nitrogens with zero attached hydrogens (tertiary/aromatic N) is 1. The van der Waals surface area contributed by atoms with Crippen molar-refractivity contribution < 1.29 is 23.9 Å². The Labute approximate surface area is 188 Å². The van der Waals surface area contributed by atoms with Crippen molar-refractivity contribution in [1.82, 2.24) is 20.9 Å². The molecule has 1 aliphatic heterocycles. The van der Waals surface area contributed by atoms with Gasteiger partial charge in [0.05, 0.1) is 6.04 Å². The lowest BCUT2D eigenvalue weighted by Crippen LogP contribution is -2.46. The first-order valence-electron chi connectivity index (χ1n) is 10.9. The van der Waals surface area contributed by atoms with E-state index in [9.17, 15) is 19.2 Å². The lowest BCUT2D eigenvalue weighted by Gasteiger charge is -2.20. The molecule has 0 spiro atoms. The van der Waals surface area contributed by atoms with Crippen LogP contribution in [-0.4, -0.2) is 68.0 Å². The SMILES string of the molecule is CN[C@@H](CCCNC=O)C(=O)Nc1ccc(COC(=O)N[C@@H](C)C(=O)N2CCCC2)cc1. The van der Waals surface area contributed by atoms with Crippen LogP contribution >= 0.6 is 0 Å². The number of likely N-dealkylation sites (N-methyl/N-ethyl adjacent to an activating group) is 1. The molecule has 0 unspecified atom stereocenters. The zero-order valence-electron chi connectivity index (χ0n) is 18.7. The van der Waals surface area contributed by atoms with E-state index >= 15 is 0 Å². The van der Waals surface area contributed by atoms with Crippen molar-refractivity contribution in [3.8, 4) is 0 Å². The summed E-state index contributed by atoms with van der Waals surface area (Å²) >= 11 is 0. The molecule has 2 atom stereocenters. The summed E-state index contributed by atoms with van der Waals surface area (Å²) in [5, 5.41) is 10.9. The van der Waals surface area contributed by atoms with Crippen LogP contribution in [0.15, 0.2) is 24.3 Å². The number of benzene rings is 1. The van der Waals surface area contributed by atoms with Gasteiger partial charge >= 0.3 is 6.09 Å². The maximum Gasteiger partial charge on any atom is 0.408 e. The Morgan fingerprint density at radius 3 is 2.47 bits per heavy atom. The zero-order chi connectivity index (χ0) is 23.3. The van der Waals surface area contributed by atoms with E-state index in [1.807, 2.05) is 0 Å². The van der Waals surface area contributed by atoms with E-state index in [0.717, 1.165) is 31.5 Å². The van der Waals surface area contributed by atoms with Crippen molar-refractivity contribution in [2.45, 2.75) is 51.3 Å². The fraction of sp³-hybridized carbons (Fsp3) is 0.545. The molecular formula is C22H33N5O5. The van der Waals surface area contributed by atoms with Gasteiger partial charge in [-0.1, -0.05) is 12.1 Å². The Morgan fingerprint density at radius 2 is 1.84 bits per heavy atom. The number of likely N-dealkylation sites (tertiary alicyclic amines) is 1. The van der Waals surface area contributed by atoms with Gasteiger partial charge in [-0.2, -0.15) is 0 Å². The van der Waals surface area contributed by atoms with Crippen molar-refractivity contribution in [2.75, 3.05) is 32.0 Å². The number of anilines is 1. The van der Waals surface area contributed by atoms with E-state index in [1.54, 1.807) is 43.1 Å². The molecule has 10 nitrogen and oxygen atoms in total. The zero-order valence-corrected chi connectivity index (χ0v) is 18.7. The van der Waals surface area contributed by atoms with Gasteiger partial charge < -0.3 is 30.9 Å². The second-order valence-corrected chi connectivity index (χ2v) is 7.72. The minimum Gasteiger partial charge on any atom is -0.445 e. The molecule has 10 heteroatoms. The van der Waals surface area contributed by atoms with Gasteiger partial charge in [-0.05, 0) is 57.4 Å². The third-order valence-electron chi connectivity index (χ3n) is 5.28. The van der Waals surface area contributed by atoms with Gasteiger partial charge in [0.1, 0.15) is 12.6 Å². The summed E-state index contributed by atoms with van der Waals surface area (Å²) in [6.45, 7) is 3.68. The van der Waals surface area contributed by atoms with E-state index in [0.29, 0.717) is 31.5 Å². The van der Waals surface area contributed by atoms with Crippen LogP contribution in [0.4, 0.5) is 10.5 Å². The minimum absolute atomic E-state index is 0.0492. The number of rotatable bonds is 12. The summed E-state index contributed by atoms with van der Waals surface area (Å²) in [5.74, 6) is -0.266. The first-order valence-corrected chi connectivity index (χ1v) is 10.9. The number of hydrogen-bond acceptors (Lipinski definition) is 6. The predicted octanol–water partition coefficient (Wildman–Crippen LogP) is 0.976. The molecule has 1 saturated heterocycles. The van der Waals surface area contributed by atoms with Crippen LogP contribution < -0.4 is 21.3 Å². The van der Waals surface area contributed by atoms with Crippen molar-refractivity contribution in [1.29, 1.82) is 0 Å². The van der Waals surface area contributed by atoms with E-state index in [2.05, 4.69) is 21.3 Å². The number of carbonyl (C=O) groups excluding carboxylic acids is 4. The van der Waals surface area contributed by atoms with Crippen LogP contribution in [0.25, 0.3) is 0 Å². The lowest BCUT2D eigenvalue weighted by atomic mass is 10.1. The largest absolute Gasteiger partial charge is 0.445 e. The molecule has 0 aliphatic carbocycles. The highest BCUT2D eigenvalue weighted by Crippen LogP contribution is 2.12. The third-order valence-corrected chi connectivity index (χ3v) is 5.28. The summed E-state index contributed by atoms with van der Waals surface area (Å²) < 4.78 is 5.20. The average Bonchev–Trinajstić information content (AvgIpc) is 3.33. The molecule has 176 valence electrons. The fourth-order valence-corrected chi connectivity index (χ4v) is 3.43. The number of alkyl carbamates (subject to hydrolysis) is 1. The van der Waals surface area contributed by atoms with Gasteiger partial charge in [0.25, 0.3) is 0 Å². The Bertz CT molecular complexity index is 764. The predicted molar refractivity (Wildman–Crippen MR) is 120 cm³/mol. The topological polar surface area (TPSA) is 129 Å². The van der Waals surface area contributed by atoms with Gasteiger partial charge in [-0.25, -0.2) is 4.79 Å². The third kappa shape index (κ3) is 8.18. The second kappa shape index (κ2) is 13.3. The van der Waals surface area contributed by atoms with Crippen molar-refractivity contribution in [3.63, 3.8) is 0 Å². The molecule has 2 rings (SSSR count). The highest BCUT2D eigenvalue weighted by atomic mass is 16.5. The van der Waals surface area contributed by atoms with Crippen LogP contribution in [0.2, 0.25) is 0 Å². The van der Waals surface area contributed by atoms with Crippen molar-refractivity contribution in [2.24, 2.45) is 0 Å². The molecule has 32 heavy (non-hydrogen) atoms. The van der Waals surface area contributed by atoms with E-state index in [4.69, 9.17) is 4.74 Å². The Kier molecular flexibility index (Phi) is 10.5.